The monoisotopic (exact) mass is 400 g/mol. The van der Waals surface area contributed by atoms with Crippen molar-refractivity contribution in [1.29, 1.82) is 0 Å². The molecule has 9 heteroatoms. The summed E-state index contributed by atoms with van der Waals surface area (Å²) in [5.41, 5.74) is 2.19. The third-order valence-corrected chi connectivity index (χ3v) is 5.57. The van der Waals surface area contributed by atoms with Gasteiger partial charge in [-0.05, 0) is 32.2 Å². The van der Waals surface area contributed by atoms with Gasteiger partial charge in [0.2, 0.25) is 21.7 Å². The Morgan fingerprint density at radius 2 is 1.89 bits per heavy atom. The summed E-state index contributed by atoms with van der Waals surface area (Å²) in [6, 6.07) is 13.5. The van der Waals surface area contributed by atoms with Crippen LogP contribution < -0.4 is 4.72 Å². The van der Waals surface area contributed by atoms with Gasteiger partial charge in [-0.2, -0.15) is 4.98 Å². The number of hydrogen-bond donors (Lipinski definition) is 1. The second-order valence-electron chi connectivity index (χ2n) is 6.27. The summed E-state index contributed by atoms with van der Waals surface area (Å²) in [5.74, 6) is 0.367. The van der Waals surface area contributed by atoms with Crippen molar-refractivity contribution in [2.75, 3.05) is 14.1 Å². The van der Waals surface area contributed by atoms with Gasteiger partial charge in [-0.15, -0.1) is 0 Å². The highest BCUT2D eigenvalue weighted by Gasteiger charge is 2.19. The number of carbonyl (C=O) groups excluding carboxylic acids is 1. The summed E-state index contributed by atoms with van der Waals surface area (Å²) >= 11 is 0. The van der Waals surface area contributed by atoms with E-state index >= 15 is 0 Å². The van der Waals surface area contributed by atoms with Crippen LogP contribution in [0.4, 0.5) is 0 Å². The first-order valence-corrected chi connectivity index (χ1v) is 9.97. The molecule has 28 heavy (non-hydrogen) atoms. The van der Waals surface area contributed by atoms with Crippen molar-refractivity contribution in [1.82, 2.24) is 19.8 Å². The van der Waals surface area contributed by atoms with Gasteiger partial charge in [0.1, 0.15) is 0 Å². The van der Waals surface area contributed by atoms with E-state index in [2.05, 4.69) is 14.9 Å². The van der Waals surface area contributed by atoms with E-state index in [1.807, 2.05) is 31.2 Å². The Hall–Kier alpha value is -3.04. The molecular weight excluding hydrogens is 380 g/mol. The van der Waals surface area contributed by atoms with E-state index in [-0.39, 0.29) is 28.8 Å². The predicted molar refractivity (Wildman–Crippen MR) is 103 cm³/mol. The number of nitrogens with one attached hydrogen (secondary N) is 1. The van der Waals surface area contributed by atoms with Crippen LogP contribution in [0.5, 0.6) is 0 Å². The molecule has 0 saturated heterocycles. The first-order chi connectivity index (χ1) is 13.3. The lowest BCUT2D eigenvalue weighted by Gasteiger charge is -2.15. The lowest BCUT2D eigenvalue weighted by molar-refractivity contribution is 0.0769. The van der Waals surface area contributed by atoms with Crippen LogP contribution in [0.1, 0.15) is 21.8 Å². The van der Waals surface area contributed by atoms with Crippen molar-refractivity contribution in [3.63, 3.8) is 0 Å². The first kappa shape index (κ1) is 19.7. The molecule has 0 fully saturated rings. The topological polar surface area (TPSA) is 105 Å². The minimum absolute atomic E-state index is 0.0219. The van der Waals surface area contributed by atoms with Gasteiger partial charge in [-0.3, -0.25) is 4.79 Å². The van der Waals surface area contributed by atoms with E-state index in [1.54, 1.807) is 13.1 Å². The summed E-state index contributed by atoms with van der Waals surface area (Å²) in [6.45, 7) is 2.09. The Kier molecular flexibility index (Phi) is 5.57. The summed E-state index contributed by atoms with van der Waals surface area (Å²) in [5, 5.41) is 3.95. The molecule has 0 bridgehead atoms. The van der Waals surface area contributed by atoms with Crippen LogP contribution in [0, 0.1) is 6.92 Å². The minimum atomic E-state index is -3.63. The van der Waals surface area contributed by atoms with Crippen LogP contribution in [0.3, 0.4) is 0 Å². The number of rotatable bonds is 6. The number of aromatic nitrogens is 2. The third kappa shape index (κ3) is 4.26. The van der Waals surface area contributed by atoms with Gasteiger partial charge in [0, 0.05) is 18.2 Å². The second-order valence-corrected chi connectivity index (χ2v) is 8.16. The van der Waals surface area contributed by atoms with Crippen molar-refractivity contribution < 1.29 is 17.7 Å². The number of sulfonamides is 1. The van der Waals surface area contributed by atoms with Gasteiger partial charge in [0.25, 0.3) is 5.91 Å². The Morgan fingerprint density at radius 3 is 2.57 bits per heavy atom. The van der Waals surface area contributed by atoms with Crippen LogP contribution in [-0.4, -0.2) is 43.5 Å². The van der Waals surface area contributed by atoms with Crippen molar-refractivity contribution in [3.8, 4) is 11.4 Å². The van der Waals surface area contributed by atoms with Crippen LogP contribution in [0.2, 0.25) is 0 Å². The molecule has 0 unspecified atom stereocenters. The molecule has 1 aromatic heterocycles. The highest BCUT2D eigenvalue weighted by atomic mass is 32.2. The molecule has 0 aliphatic heterocycles. The quantitative estimate of drug-likeness (QED) is 0.680. The van der Waals surface area contributed by atoms with Crippen LogP contribution >= 0.6 is 0 Å². The Labute approximate surface area is 163 Å². The number of nitrogens with zero attached hydrogens (tertiary/aromatic N) is 3. The standard InChI is InChI=1S/C19H20N4O4S/c1-13-7-9-14(10-8-13)18-21-17(27-22-18)12-23(3)19(24)15-5-4-6-16(11-15)28(25,26)20-2/h4-11,20H,12H2,1-3H3. The highest BCUT2D eigenvalue weighted by Crippen LogP contribution is 2.18. The van der Waals surface area contributed by atoms with E-state index in [9.17, 15) is 13.2 Å². The van der Waals surface area contributed by atoms with Gasteiger partial charge < -0.3 is 9.42 Å². The number of aryl methyl sites for hydroxylation is 1. The summed E-state index contributed by atoms with van der Waals surface area (Å²) in [7, 11) is -0.734. The van der Waals surface area contributed by atoms with E-state index in [0.29, 0.717) is 5.82 Å². The van der Waals surface area contributed by atoms with Gasteiger partial charge in [0.15, 0.2) is 0 Å². The molecule has 1 N–H and O–H groups in total. The summed E-state index contributed by atoms with van der Waals surface area (Å²) in [6.07, 6.45) is 0. The van der Waals surface area contributed by atoms with Crippen molar-refractivity contribution in [2.45, 2.75) is 18.4 Å². The maximum Gasteiger partial charge on any atom is 0.254 e. The molecule has 0 atom stereocenters. The fourth-order valence-electron chi connectivity index (χ4n) is 2.55. The van der Waals surface area contributed by atoms with Crippen LogP contribution in [0.25, 0.3) is 11.4 Å². The molecule has 0 saturated carbocycles. The first-order valence-electron chi connectivity index (χ1n) is 8.49. The summed E-state index contributed by atoms with van der Waals surface area (Å²) in [4.78, 5) is 18.4. The van der Waals surface area contributed by atoms with Crippen molar-refractivity contribution in [3.05, 3.63) is 65.5 Å². The molecule has 3 rings (SSSR count). The highest BCUT2D eigenvalue weighted by molar-refractivity contribution is 7.89. The number of hydrogen-bond acceptors (Lipinski definition) is 6. The summed E-state index contributed by atoms with van der Waals surface area (Å²) < 4.78 is 31.3. The largest absolute Gasteiger partial charge is 0.337 e. The second kappa shape index (κ2) is 7.91. The fourth-order valence-corrected chi connectivity index (χ4v) is 3.32. The molecule has 0 spiro atoms. The normalized spacial score (nSPS) is 11.4. The molecule has 0 aliphatic carbocycles. The zero-order valence-electron chi connectivity index (χ0n) is 15.7. The van der Waals surface area contributed by atoms with Crippen LogP contribution in [0.15, 0.2) is 57.9 Å². The van der Waals surface area contributed by atoms with Gasteiger partial charge in [-0.1, -0.05) is 41.1 Å². The lowest BCUT2D eigenvalue weighted by atomic mass is 10.1. The number of benzene rings is 2. The number of amides is 1. The predicted octanol–water partition coefficient (Wildman–Crippen LogP) is 2.23. The zero-order valence-corrected chi connectivity index (χ0v) is 16.5. The molecule has 8 nitrogen and oxygen atoms in total. The zero-order chi connectivity index (χ0) is 20.3. The van der Waals surface area contributed by atoms with E-state index in [1.165, 1.54) is 30.1 Å². The van der Waals surface area contributed by atoms with Gasteiger partial charge >= 0.3 is 0 Å². The molecule has 1 heterocycles. The fraction of sp³-hybridized carbons (Fsp3) is 0.211. The molecule has 3 aromatic rings. The lowest BCUT2D eigenvalue weighted by Crippen LogP contribution is -2.27. The molecule has 0 radical (unpaired) electrons. The average molecular weight is 400 g/mol. The van der Waals surface area contributed by atoms with Gasteiger partial charge in [0.05, 0.1) is 11.4 Å². The Balaban J connectivity index is 1.75. The van der Waals surface area contributed by atoms with Gasteiger partial charge in [-0.25, -0.2) is 13.1 Å². The smallest absolute Gasteiger partial charge is 0.254 e. The van der Waals surface area contributed by atoms with E-state index in [0.717, 1.165) is 11.1 Å². The van der Waals surface area contributed by atoms with E-state index < -0.39 is 10.0 Å². The molecular formula is C19H20N4O4S. The number of carbonyl (C=O) groups is 1. The molecule has 146 valence electrons. The molecule has 1 amide bonds. The maximum atomic E-state index is 12.7. The van der Waals surface area contributed by atoms with Crippen molar-refractivity contribution in [2.24, 2.45) is 0 Å². The van der Waals surface area contributed by atoms with Crippen molar-refractivity contribution >= 4 is 15.9 Å². The maximum absolute atomic E-state index is 12.7. The molecule has 2 aromatic carbocycles. The Morgan fingerprint density at radius 1 is 1.18 bits per heavy atom. The third-order valence-electron chi connectivity index (χ3n) is 4.16. The van der Waals surface area contributed by atoms with Crippen LogP contribution in [-0.2, 0) is 16.6 Å². The average Bonchev–Trinajstić information content (AvgIpc) is 3.16. The minimum Gasteiger partial charge on any atom is -0.337 e. The molecule has 0 aliphatic rings. The van der Waals surface area contributed by atoms with E-state index in [4.69, 9.17) is 4.52 Å². The Bertz CT molecular complexity index is 1090. The SMILES string of the molecule is CNS(=O)(=O)c1cccc(C(=O)N(C)Cc2nc(-c3ccc(C)cc3)no2)c1.